The molecule has 8 aromatic rings. The van der Waals surface area contributed by atoms with Crippen LogP contribution in [0.15, 0.2) is 119 Å². The van der Waals surface area contributed by atoms with Gasteiger partial charge in [0.15, 0.2) is 0 Å². The smallest absolute Gasteiger partial charge is 0.234 e. The molecule has 0 fully saturated rings. The first-order chi connectivity index (χ1) is 20.5. The van der Waals surface area contributed by atoms with E-state index in [-0.39, 0.29) is 27.3 Å². The van der Waals surface area contributed by atoms with Crippen LogP contribution in [0.4, 0.5) is 0 Å². The Bertz CT molecular complexity index is 1980. The van der Waals surface area contributed by atoms with Crippen LogP contribution < -0.4 is 0 Å². The van der Waals surface area contributed by atoms with Crippen molar-refractivity contribution in [2.24, 2.45) is 0 Å². The lowest BCUT2D eigenvalue weighted by atomic mass is 10.1. The van der Waals surface area contributed by atoms with Gasteiger partial charge in [0.05, 0.1) is 22.1 Å². The molecule has 0 atom stereocenters. The van der Waals surface area contributed by atoms with Crippen LogP contribution in [0.5, 0.6) is 11.5 Å². The second kappa shape index (κ2) is 12.5. The lowest BCUT2D eigenvalue weighted by Gasteiger charge is -2.05. The highest BCUT2D eigenvalue weighted by Gasteiger charge is 2.16. The van der Waals surface area contributed by atoms with E-state index in [4.69, 9.17) is 0 Å². The average Bonchev–Trinajstić information content (AvgIpc) is 3.48. The second-order valence-corrected chi connectivity index (χ2v) is 11.3. The topological polar surface area (TPSA) is 102 Å². The number of hydrogen-bond acceptors (Lipinski definition) is 6. The van der Waals surface area contributed by atoms with Gasteiger partial charge in [0.1, 0.15) is 11.5 Å². The van der Waals surface area contributed by atoms with Crippen LogP contribution in [0.1, 0.15) is 0 Å². The molecule has 4 aromatic heterocycles. The number of aromatic hydroxyl groups is 2. The molecule has 0 aliphatic carbocycles. The largest absolute Gasteiger partial charge is 0.508 e. The predicted octanol–water partition coefficient (Wildman–Crippen LogP) is 7.08. The van der Waals surface area contributed by atoms with E-state index in [0.29, 0.717) is 11.9 Å². The summed E-state index contributed by atoms with van der Waals surface area (Å²) in [6, 6.07) is 26.4. The zero-order valence-corrected chi connectivity index (χ0v) is 25.9. The molecule has 2 N–H and O–H groups in total. The van der Waals surface area contributed by atoms with Crippen LogP contribution in [-0.2, 0) is 0 Å². The van der Waals surface area contributed by atoms with Gasteiger partial charge in [-0.05, 0) is 60.7 Å². The molecule has 0 aliphatic heterocycles. The summed E-state index contributed by atoms with van der Waals surface area (Å²) in [5, 5.41) is 23.9. The number of fused-ring (bicyclic) bond motifs is 6. The van der Waals surface area contributed by atoms with Gasteiger partial charge in [-0.25, -0.2) is 19.9 Å². The number of hydrogen-bond donors (Lipinski definition) is 2. The number of benzene rings is 4. The summed E-state index contributed by atoms with van der Waals surface area (Å²) in [4.78, 5) is 17.3. The molecular weight excluding hydrogens is 683 g/mol. The highest BCUT2D eigenvalue weighted by Crippen LogP contribution is 2.35. The van der Waals surface area contributed by atoms with Crippen molar-refractivity contribution in [1.82, 2.24) is 29.1 Å². The van der Waals surface area contributed by atoms with Gasteiger partial charge in [-0.3, -0.25) is 9.13 Å². The minimum Gasteiger partial charge on any atom is -0.508 e. The molecule has 0 saturated heterocycles. The van der Waals surface area contributed by atoms with Crippen LogP contribution in [0.3, 0.4) is 0 Å². The van der Waals surface area contributed by atoms with Crippen molar-refractivity contribution in [3.63, 3.8) is 0 Å². The number of phenols is 2. The van der Waals surface area contributed by atoms with Crippen LogP contribution in [0.2, 0.25) is 0 Å². The van der Waals surface area contributed by atoms with Crippen molar-refractivity contribution in [2.45, 2.75) is 0 Å². The number of rotatable bonds is 2. The minimum absolute atomic E-state index is 0. The third-order valence-electron chi connectivity index (χ3n) is 6.93. The number of halogens is 2. The van der Waals surface area contributed by atoms with Crippen molar-refractivity contribution in [2.75, 3.05) is 0 Å². The van der Waals surface area contributed by atoms with E-state index in [2.05, 4.69) is 92.8 Å². The van der Waals surface area contributed by atoms with Crippen LogP contribution in [0.25, 0.3) is 55.5 Å². The Morgan fingerprint density at radius 2 is 0.795 bits per heavy atom. The van der Waals surface area contributed by atoms with E-state index < -0.39 is 0 Å². The molecule has 4 heterocycles. The zero-order valence-electron chi connectivity index (χ0n) is 22.7. The molecule has 0 amide bonds. The van der Waals surface area contributed by atoms with Crippen molar-refractivity contribution in [3.8, 4) is 23.4 Å². The fourth-order valence-corrected chi connectivity index (χ4v) is 5.90. The Balaban J connectivity index is 0.000000167. The van der Waals surface area contributed by atoms with Crippen LogP contribution >= 0.6 is 31.9 Å². The van der Waals surface area contributed by atoms with Gasteiger partial charge in [0.25, 0.3) is 0 Å². The van der Waals surface area contributed by atoms with Gasteiger partial charge in [0.2, 0.25) is 11.9 Å². The predicted molar refractivity (Wildman–Crippen MR) is 189 cm³/mol. The molecule has 4 aromatic carbocycles. The van der Waals surface area contributed by atoms with Crippen molar-refractivity contribution >= 4 is 83.9 Å². The molecule has 220 valence electrons. The van der Waals surface area contributed by atoms with Gasteiger partial charge in [-0.15, -0.1) is 0 Å². The van der Waals surface area contributed by atoms with Crippen LogP contribution in [-0.4, -0.2) is 47.7 Å². The molecule has 0 spiro atoms. The standard InChI is InChI=1S/C16H9Br2N3.C16H11N3O2.CH3.BH4/c17-10-2-4-12-13-5-3-11(18)9-15(13)21(14(12)8-10)16-19-6-1-7-20-16;20-10-2-4-12-13-5-3-11(21)9-15(13)19(14(12)8-10)16-17-6-1-7-18-16;;/h1-9H;1-9,20-21H;1H3;1H4/q;;2*-1. The summed E-state index contributed by atoms with van der Waals surface area (Å²) in [6.07, 6.45) is 6.84. The summed E-state index contributed by atoms with van der Waals surface area (Å²) in [7, 11) is 0. The van der Waals surface area contributed by atoms with Crippen molar-refractivity contribution in [1.29, 1.82) is 0 Å². The van der Waals surface area contributed by atoms with E-state index in [9.17, 15) is 10.2 Å². The number of nitrogens with zero attached hydrogens (tertiary/aromatic N) is 6. The molecular formula is C33H27BBr2N6O2-2. The Hall–Kier alpha value is -4.74. The molecule has 0 radical (unpaired) electrons. The van der Waals surface area contributed by atoms with Crippen molar-refractivity contribution < 1.29 is 10.2 Å². The third kappa shape index (κ3) is 5.40. The first-order valence-electron chi connectivity index (χ1n) is 12.9. The summed E-state index contributed by atoms with van der Waals surface area (Å²) < 4.78 is 5.98. The van der Waals surface area contributed by atoms with E-state index in [1.54, 1.807) is 55.1 Å². The summed E-state index contributed by atoms with van der Waals surface area (Å²) in [5.41, 5.74) is 3.76. The molecule has 0 unspecified atom stereocenters. The summed E-state index contributed by atoms with van der Waals surface area (Å²) in [6.45, 7) is 0. The maximum absolute atomic E-state index is 9.78. The van der Waals surface area contributed by atoms with E-state index >= 15 is 0 Å². The van der Waals surface area contributed by atoms with E-state index in [0.717, 1.165) is 41.8 Å². The quantitative estimate of drug-likeness (QED) is 0.147. The van der Waals surface area contributed by atoms with E-state index in [1.807, 2.05) is 22.8 Å². The molecule has 8 nitrogen and oxygen atoms in total. The summed E-state index contributed by atoms with van der Waals surface area (Å²) in [5.74, 6) is 1.51. The Kier molecular flexibility index (Phi) is 8.71. The molecule has 11 heteroatoms. The zero-order chi connectivity index (χ0) is 28.8. The fraction of sp³-hybridized carbons (Fsp3) is 0. The number of aromatic nitrogens is 6. The minimum atomic E-state index is 0. The maximum atomic E-state index is 9.78. The van der Waals surface area contributed by atoms with Gasteiger partial charge < -0.3 is 17.6 Å². The highest BCUT2D eigenvalue weighted by molar-refractivity contribution is 9.10. The molecule has 0 bridgehead atoms. The van der Waals surface area contributed by atoms with Gasteiger partial charge >= 0.3 is 0 Å². The molecule has 0 saturated carbocycles. The van der Waals surface area contributed by atoms with Gasteiger partial charge in [-0.2, -0.15) is 0 Å². The lowest BCUT2D eigenvalue weighted by Crippen LogP contribution is -1.99. The fourth-order valence-electron chi connectivity index (χ4n) is 5.20. The monoisotopic (exact) mass is 708 g/mol. The average molecular weight is 710 g/mol. The highest BCUT2D eigenvalue weighted by atomic mass is 79.9. The van der Waals surface area contributed by atoms with E-state index in [1.165, 1.54) is 10.8 Å². The van der Waals surface area contributed by atoms with Crippen molar-refractivity contribution in [3.05, 3.63) is 126 Å². The Morgan fingerprint density at radius 3 is 1.16 bits per heavy atom. The molecule has 0 aliphatic rings. The Labute approximate surface area is 271 Å². The Morgan fingerprint density at radius 1 is 0.477 bits per heavy atom. The third-order valence-corrected chi connectivity index (χ3v) is 7.92. The molecule has 44 heavy (non-hydrogen) atoms. The first-order valence-corrected chi connectivity index (χ1v) is 14.5. The molecule has 8 rings (SSSR count). The van der Waals surface area contributed by atoms with Crippen LogP contribution in [0, 0.1) is 7.43 Å². The van der Waals surface area contributed by atoms with Gasteiger partial charge in [-0.1, -0.05) is 52.4 Å². The first kappa shape index (κ1) is 30.7. The SMILES string of the molecule is Brc1ccc2c3ccc(Br)cc3n(-c3ncccn3)c2c1.Oc1ccc2c3ccc(O)cc3n(-c3ncccn3)c2c1.[BH4-].[CH3-]. The number of phenolic OH excluding ortho intramolecular Hbond substituents is 2. The second-order valence-electron chi connectivity index (χ2n) is 9.49. The summed E-state index contributed by atoms with van der Waals surface area (Å²) >= 11 is 7.09. The van der Waals surface area contributed by atoms with Gasteiger partial charge in [0, 0.05) is 67.4 Å². The maximum Gasteiger partial charge on any atom is 0.234 e. The lowest BCUT2D eigenvalue weighted by molar-refractivity contribution is 0.475. The normalized spacial score (nSPS) is 10.8.